The third kappa shape index (κ3) is 3.91. The van der Waals surface area contributed by atoms with Gasteiger partial charge in [0.25, 0.3) is 10.0 Å². The lowest BCUT2D eigenvalue weighted by Crippen LogP contribution is -2.33. The van der Waals surface area contributed by atoms with Crippen LogP contribution in [0.3, 0.4) is 0 Å². The number of alkyl halides is 3. The molecule has 0 radical (unpaired) electrons. The molecule has 180 valence electrons. The number of fused-ring (bicyclic) bond motifs is 3. The van der Waals surface area contributed by atoms with Gasteiger partial charge in [0.2, 0.25) is 5.88 Å². The molecule has 0 aliphatic carbocycles. The van der Waals surface area contributed by atoms with Crippen molar-refractivity contribution in [3.8, 4) is 22.8 Å². The molecule has 0 saturated heterocycles. The Morgan fingerprint density at radius 3 is 2.34 bits per heavy atom. The summed E-state index contributed by atoms with van der Waals surface area (Å²) in [5.41, 5.74) is 1.41. The van der Waals surface area contributed by atoms with E-state index in [1.807, 2.05) is 6.92 Å². The van der Waals surface area contributed by atoms with Crippen molar-refractivity contribution in [2.45, 2.75) is 24.4 Å². The molecule has 1 N–H and O–H groups in total. The summed E-state index contributed by atoms with van der Waals surface area (Å²) < 4.78 is 68.1. The monoisotopic (exact) mass is 500 g/mol. The van der Waals surface area contributed by atoms with Crippen LogP contribution in [0.15, 0.2) is 71.8 Å². The smallest absolute Gasteiger partial charge is 0.416 e. The molecular weight excluding hydrogens is 481 g/mol. The normalized spacial score (nSPS) is 13.8. The van der Waals surface area contributed by atoms with Crippen LogP contribution in [0.4, 0.5) is 19.0 Å². The molecule has 2 aromatic heterocycles. The first-order valence-corrected chi connectivity index (χ1v) is 12.0. The molecule has 0 amide bonds. The topological polar surface area (TPSA) is 88.3 Å². The summed E-state index contributed by atoms with van der Waals surface area (Å²) >= 11 is 0. The maximum absolute atomic E-state index is 13.5. The Labute approximate surface area is 199 Å². The minimum atomic E-state index is -4.49. The van der Waals surface area contributed by atoms with Crippen LogP contribution in [0.2, 0.25) is 0 Å². The highest BCUT2D eigenvalue weighted by Crippen LogP contribution is 2.41. The fourth-order valence-corrected chi connectivity index (χ4v) is 5.47. The lowest BCUT2D eigenvalue weighted by Gasteiger charge is -2.23. The zero-order valence-corrected chi connectivity index (χ0v) is 19.2. The molecule has 4 aromatic rings. The van der Waals surface area contributed by atoms with Crippen molar-refractivity contribution in [2.75, 3.05) is 10.8 Å². The Balaban J connectivity index is 1.60. The summed E-state index contributed by atoms with van der Waals surface area (Å²) in [5, 5.41) is 15.4. The first kappa shape index (κ1) is 22.9. The Bertz CT molecular complexity index is 1510. The Morgan fingerprint density at radius 2 is 1.69 bits per heavy atom. The van der Waals surface area contributed by atoms with Crippen molar-refractivity contribution in [1.82, 2.24) is 14.8 Å². The molecule has 1 aliphatic heterocycles. The molecule has 0 fully saturated rings. The van der Waals surface area contributed by atoms with E-state index in [4.69, 9.17) is 0 Å². The molecule has 11 heteroatoms. The van der Waals surface area contributed by atoms with Crippen molar-refractivity contribution in [3.05, 3.63) is 83.6 Å². The predicted octanol–water partition coefficient (Wildman–Crippen LogP) is 4.72. The van der Waals surface area contributed by atoms with Crippen LogP contribution in [0, 0.1) is 6.92 Å². The van der Waals surface area contributed by atoms with Gasteiger partial charge in [-0.2, -0.15) is 18.3 Å². The van der Waals surface area contributed by atoms with Crippen molar-refractivity contribution >= 4 is 15.8 Å². The number of pyridine rings is 1. The third-order valence-corrected chi connectivity index (χ3v) is 7.65. The number of sulfonamides is 1. The summed E-state index contributed by atoms with van der Waals surface area (Å²) in [6, 6.07) is 14.0. The average molecular weight is 501 g/mol. The van der Waals surface area contributed by atoms with E-state index in [9.17, 15) is 26.7 Å². The lowest BCUT2D eigenvalue weighted by molar-refractivity contribution is -0.137. The molecule has 7 nitrogen and oxygen atoms in total. The van der Waals surface area contributed by atoms with E-state index >= 15 is 0 Å². The fourth-order valence-electron chi connectivity index (χ4n) is 4.03. The predicted molar refractivity (Wildman–Crippen MR) is 123 cm³/mol. The molecule has 0 saturated carbocycles. The molecule has 35 heavy (non-hydrogen) atoms. The number of hydrogen-bond acceptors (Lipinski definition) is 5. The summed E-state index contributed by atoms with van der Waals surface area (Å²) in [7, 11) is -3.96. The van der Waals surface area contributed by atoms with Gasteiger partial charge < -0.3 is 5.11 Å². The van der Waals surface area contributed by atoms with E-state index in [2.05, 4.69) is 10.1 Å². The van der Waals surface area contributed by atoms with E-state index in [1.165, 1.54) is 34.8 Å². The standard InChI is InChI=1S/C24H19F3N4O3S/c1-15-4-10-18(11-5-15)35(33,34)30-14-12-20-21(19-3-2-13-28-22(19)30)29-31(23(20)32)17-8-6-16(7-9-17)24(25,26)27/h2-11,13,32H,12,14H2,1H3. The first-order valence-electron chi connectivity index (χ1n) is 10.6. The highest BCUT2D eigenvalue weighted by Gasteiger charge is 2.34. The number of aryl methyl sites for hydroxylation is 1. The van der Waals surface area contributed by atoms with Gasteiger partial charge in [0.1, 0.15) is 5.69 Å². The maximum atomic E-state index is 13.5. The molecule has 0 spiro atoms. The first-order chi connectivity index (χ1) is 16.6. The summed E-state index contributed by atoms with van der Waals surface area (Å²) in [4.78, 5) is 4.42. The van der Waals surface area contributed by atoms with Crippen LogP contribution in [0.25, 0.3) is 16.9 Å². The zero-order valence-electron chi connectivity index (χ0n) is 18.4. The quantitative estimate of drug-likeness (QED) is 0.440. The SMILES string of the molecule is Cc1ccc(S(=O)(=O)N2CCc3c(nn(-c4ccc(C(F)(F)F)cc4)c3O)-c3cccnc32)cc1. The van der Waals surface area contributed by atoms with Crippen molar-refractivity contribution < 1.29 is 26.7 Å². The van der Waals surface area contributed by atoms with Crippen LogP contribution in [0.5, 0.6) is 5.88 Å². The van der Waals surface area contributed by atoms with Crippen LogP contribution in [-0.4, -0.2) is 34.8 Å². The van der Waals surface area contributed by atoms with Crippen LogP contribution >= 0.6 is 0 Å². The maximum Gasteiger partial charge on any atom is 0.416 e. The minimum Gasteiger partial charge on any atom is -0.493 e. The van der Waals surface area contributed by atoms with Gasteiger partial charge in [0, 0.05) is 23.9 Å². The highest BCUT2D eigenvalue weighted by molar-refractivity contribution is 7.92. The Morgan fingerprint density at radius 1 is 1.00 bits per heavy atom. The summed E-state index contributed by atoms with van der Waals surface area (Å²) in [6.45, 7) is 1.84. The number of benzene rings is 2. The van der Waals surface area contributed by atoms with E-state index in [0.29, 0.717) is 16.8 Å². The summed E-state index contributed by atoms with van der Waals surface area (Å²) in [5.74, 6) is -0.118. The van der Waals surface area contributed by atoms with E-state index < -0.39 is 21.8 Å². The fraction of sp³-hybridized carbons (Fsp3) is 0.167. The second-order valence-corrected chi connectivity index (χ2v) is 9.98. The molecular formula is C24H19F3N4O3S. The van der Waals surface area contributed by atoms with Crippen LogP contribution < -0.4 is 4.31 Å². The average Bonchev–Trinajstić information content (AvgIpc) is 3.05. The second-order valence-electron chi connectivity index (χ2n) is 8.12. The van der Waals surface area contributed by atoms with Crippen LogP contribution in [0.1, 0.15) is 16.7 Å². The number of aromatic hydroxyl groups is 1. The van der Waals surface area contributed by atoms with E-state index in [1.54, 1.807) is 24.3 Å². The molecule has 0 atom stereocenters. The number of hydrogen-bond donors (Lipinski definition) is 1. The number of nitrogens with zero attached hydrogens (tertiary/aromatic N) is 4. The van der Waals surface area contributed by atoms with Gasteiger partial charge in [-0.1, -0.05) is 17.7 Å². The Hall–Kier alpha value is -3.86. The van der Waals surface area contributed by atoms with Crippen molar-refractivity contribution in [2.24, 2.45) is 0 Å². The van der Waals surface area contributed by atoms with Gasteiger partial charge in [-0.15, -0.1) is 0 Å². The molecule has 3 heterocycles. The van der Waals surface area contributed by atoms with Gasteiger partial charge in [0.05, 0.1) is 16.1 Å². The second kappa shape index (κ2) is 8.12. The third-order valence-electron chi connectivity index (χ3n) is 5.85. The number of halogens is 3. The largest absolute Gasteiger partial charge is 0.493 e. The molecule has 5 rings (SSSR count). The van der Waals surface area contributed by atoms with Crippen molar-refractivity contribution in [3.63, 3.8) is 0 Å². The van der Waals surface area contributed by atoms with Gasteiger partial charge in [-0.25, -0.2) is 22.4 Å². The van der Waals surface area contributed by atoms with Gasteiger partial charge in [-0.3, -0.25) is 0 Å². The molecule has 2 aromatic carbocycles. The highest BCUT2D eigenvalue weighted by atomic mass is 32.2. The zero-order chi connectivity index (χ0) is 25.0. The van der Waals surface area contributed by atoms with Gasteiger partial charge in [0.15, 0.2) is 5.82 Å². The van der Waals surface area contributed by atoms with Gasteiger partial charge in [-0.05, 0) is 61.9 Å². The molecule has 0 unspecified atom stereocenters. The van der Waals surface area contributed by atoms with Crippen LogP contribution in [-0.2, 0) is 22.6 Å². The van der Waals surface area contributed by atoms with E-state index in [0.717, 1.165) is 22.4 Å². The van der Waals surface area contributed by atoms with Gasteiger partial charge >= 0.3 is 6.18 Å². The lowest BCUT2D eigenvalue weighted by atomic mass is 10.1. The number of rotatable bonds is 3. The number of aromatic nitrogens is 3. The Kier molecular flexibility index (Phi) is 5.32. The summed E-state index contributed by atoms with van der Waals surface area (Å²) in [6.07, 6.45) is -2.91. The van der Waals surface area contributed by atoms with E-state index in [-0.39, 0.29) is 35.2 Å². The molecule has 1 aliphatic rings. The minimum absolute atomic E-state index is 0.0144. The van der Waals surface area contributed by atoms with Crippen molar-refractivity contribution in [1.29, 1.82) is 0 Å². The molecule has 0 bridgehead atoms. The number of anilines is 1.